The lowest BCUT2D eigenvalue weighted by Gasteiger charge is -2.12. The van der Waals surface area contributed by atoms with E-state index in [1.54, 1.807) is 4.72 Å². The summed E-state index contributed by atoms with van der Waals surface area (Å²) in [5.41, 5.74) is -0.165. The highest BCUT2D eigenvalue weighted by atomic mass is 35.5. The van der Waals surface area contributed by atoms with Crippen molar-refractivity contribution in [3.05, 3.63) is 58.4 Å². The summed E-state index contributed by atoms with van der Waals surface area (Å²) >= 11 is 5.91. The van der Waals surface area contributed by atoms with E-state index in [9.17, 15) is 30.8 Å². The van der Waals surface area contributed by atoms with E-state index >= 15 is 0 Å². The van der Waals surface area contributed by atoms with Gasteiger partial charge in [0.2, 0.25) is 10.0 Å². The molecule has 0 saturated carbocycles. The molecule has 0 heterocycles. The van der Waals surface area contributed by atoms with Crippen LogP contribution >= 0.6 is 11.6 Å². The van der Waals surface area contributed by atoms with Crippen molar-refractivity contribution in [2.45, 2.75) is 13.0 Å². The highest BCUT2D eigenvalue weighted by Gasteiger charge is 2.31. The SMILES string of the molecule is CS(=O)(=O)NC(=O)c1cc(Cl)c(OCc2ccc(OC(F)(F)F)cc2)cc1F. The van der Waals surface area contributed by atoms with Crippen molar-refractivity contribution in [2.24, 2.45) is 0 Å². The van der Waals surface area contributed by atoms with E-state index in [4.69, 9.17) is 16.3 Å². The molecule has 0 aliphatic carbocycles. The number of amides is 1. The van der Waals surface area contributed by atoms with Gasteiger partial charge in [-0.25, -0.2) is 17.5 Å². The van der Waals surface area contributed by atoms with Crippen LogP contribution in [0.25, 0.3) is 0 Å². The van der Waals surface area contributed by atoms with Crippen molar-refractivity contribution >= 4 is 27.5 Å². The first-order chi connectivity index (χ1) is 12.8. The Hall–Kier alpha value is -2.53. The fourth-order valence-corrected chi connectivity index (χ4v) is 2.65. The van der Waals surface area contributed by atoms with Crippen molar-refractivity contribution in [1.82, 2.24) is 4.72 Å². The third-order valence-electron chi connectivity index (χ3n) is 3.10. The van der Waals surface area contributed by atoms with Crippen LogP contribution in [0, 0.1) is 5.82 Å². The number of nitrogens with one attached hydrogen (secondary N) is 1. The average Bonchev–Trinajstić information content (AvgIpc) is 2.53. The van der Waals surface area contributed by atoms with Crippen LogP contribution in [-0.2, 0) is 16.6 Å². The molecule has 0 fully saturated rings. The minimum atomic E-state index is -4.81. The molecule has 0 aromatic heterocycles. The first-order valence-corrected chi connectivity index (χ1v) is 9.59. The van der Waals surface area contributed by atoms with Crippen LogP contribution in [0.15, 0.2) is 36.4 Å². The molecule has 152 valence electrons. The lowest BCUT2D eigenvalue weighted by Crippen LogP contribution is -2.30. The van der Waals surface area contributed by atoms with Crippen molar-refractivity contribution in [2.75, 3.05) is 6.26 Å². The van der Waals surface area contributed by atoms with Gasteiger partial charge in [0.15, 0.2) is 0 Å². The van der Waals surface area contributed by atoms with E-state index in [1.807, 2.05) is 0 Å². The second-order valence-electron chi connectivity index (χ2n) is 5.45. The van der Waals surface area contributed by atoms with Crippen molar-refractivity contribution in [3.63, 3.8) is 0 Å². The molecule has 2 aromatic carbocycles. The summed E-state index contributed by atoms with van der Waals surface area (Å²) in [6, 6.07) is 6.45. The second-order valence-corrected chi connectivity index (χ2v) is 7.60. The van der Waals surface area contributed by atoms with Crippen LogP contribution in [0.2, 0.25) is 5.02 Å². The normalized spacial score (nSPS) is 11.8. The van der Waals surface area contributed by atoms with E-state index in [0.717, 1.165) is 30.5 Å². The summed E-state index contributed by atoms with van der Waals surface area (Å²) in [5, 5.41) is -0.169. The fraction of sp³-hybridized carbons (Fsp3) is 0.188. The maximum atomic E-state index is 14.1. The second kappa shape index (κ2) is 8.23. The Balaban J connectivity index is 2.09. The molecule has 0 radical (unpaired) electrons. The molecule has 1 amide bonds. The summed E-state index contributed by atoms with van der Waals surface area (Å²) < 4.78 is 83.2. The van der Waals surface area contributed by atoms with Gasteiger partial charge < -0.3 is 9.47 Å². The van der Waals surface area contributed by atoms with Crippen LogP contribution in [0.5, 0.6) is 11.5 Å². The maximum absolute atomic E-state index is 14.1. The number of halogens is 5. The summed E-state index contributed by atoms with van der Waals surface area (Å²) in [6.45, 7) is -0.166. The molecule has 0 saturated heterocycles. The van der Waals surface area contributed by atoms with Crippen LogP contribution in [0.3, 0.4) is 0 Å². The lowest BCUT2D eigenvalue weighted by atomic mass is 10.2. The molecule has 1 N–H and O–H groups in total. The Morgan fingerprint density at radius 1 is 1.18 bits per heavy atom. The summed E-state index contributed by atoms with van der Waals surface area (Å²) in [7, 11) is -3.89. The van der Waals surface area contributed by atoms with Gasteiger partial charge in [0, 0.05) is 6.07 Å². The highest BCUT2D eigenvalue weighted by Crippen LogP contribution is 2.29. The minimum Gasteiger partial charge on any atom is -0.487 e. The molecule has 0 spiro atoms. The van der Waals surface area contributed by atoms with E-state index in [2.05, 4.69) is 4.74 Å². The van der Waals surface area contributed by atoms with Gasteiger partial charge in [-0.15, -0.1) is 13.2 Å². The number of hydrogen-bond acceptors (Lipinski definition) is 5. The van der Waals surface area contributed by atoms with E-state index < -0.39 is 39.4 Å². The molecule has 0 atom stereocenters. The van der Waals surface area contributed by atoms with Crippen molar-refractivity contribution in [3.8, 4) is 11.5 Å². The fourth-order valence-electron chi connectivity index (χ4n) is 1.99. The lowest BCUT2D eigenvalue weighted by molar-refractivity contribution is -0.274. The number of ether oxygens (including phenoxy) is 2. The highest BCUT2D eigenvalue weighted by molar-refractivity contribution is 7.89. The van der Waals surface area contributed by atoms with E-state index in [1.165, 1.54) is 12.1 Å². The van der Waals surface area contributed by atoms with Gasteiger partial charge in [-0.1, -0.05) is 23.7 Å². The number of sulfonamides is 1. The first-order valence-electron chi connectivity index (χ1n) is 7.33. The Bertz CT molecular complexity index is 978. The monoisotopic (exact) mass is 441 g/mol. The first kappa shape index (κ1) is 21.8. The van der Waals surface area contributed by atoms with Gasteiger partial charge >= 0.3 is 6.36 Å². The van der Waals surface area contributed by atoms with E-state index in [0.29, 0.717) is 5.56 Å². The molecule has 2 aromatic rings. The van der Waals surface area contributed by atoms with Crippen molar-refractivity contribution in [1.29, 1.82) is 0 Å². The standard InChI is InChI=1S/C16H12ClF4NO5S/c1-28(24,25)22-15(23)11-6-12(17)14(7-13(11)18)26-8-9-2-4-10(5-3-9)27-16(19,20)21/h2-7H,8H2,1H3,(H,22,23). The molecule has 2 rings (SSSR count). The number of rotatable bonds is 6. The quantitative estimate of drug-likeness (QED) is 0.692. The number of carbonyl (C=O) groups excluding carboxylic acids is 1. The Morgan fingerprint density at radius 3 is 2.32 bits per heavy atom. The third kappa shape index (κ3) is 6.57. The zero-order valence-corrected chi connectivity index (χ0v) is 15.6. The van der Waals surface area contributed by atoms with Gasteiger partial charge in [0.1, 0.15) is 23.9 Å². The van der Waals surface area contributed by atoms with Crippen LogP contribution in [0.4, 0.5) is 17.6 Å². The molecular formula is C16H12ClF4NO5S. The number of benzene rings is 2. The van der Waals surface area contributed by atoms with Gasteiger partial charge in [-0.05, 0) is 23.8 Å². The maximum Gasteiger partial charge on any atom is 0.573 e. The molecule has 0 unspecified atom stereocenters. The predicted molar refractivity (Wildman–Crippen MR) is 91.2 cm³/mol. The molecule has 12 heteroatoms. The molecule has 0 bridgehead atoms. The Labute approximate surface area is 162 Å². The van der Waals surface area contributed by atoms with Crippen LogP contribution < -0.4 is 14.2 Å². The van der Waals surface area contributed by atoms with Crippen LogP contribution in [-0.4, -0.2) is 26.9 Å². The summed E-state index contributed by atoms with van der Waals surface area (Å²) in [4.78, 5) is 11.7. The number of alkyl halides is 3. The molecular weight excluding hydrogens is 430 g/mol. The number of carbonyl (C=O) groups is 1. The largest absolute Gasteiger partial charge is 0.573 e. The molecule has 0 aliphatic rings. The Morgan fingerprint density at radius 2 is 1.79 bits per heavy atom. The van der Waals surface area contributed by atoms with Gasteiger partial charge in [0.25, 0.3) is 5.91 Å². The van der Waals surface area contributed by atoms with Gasteiger partial charge in [-0.2, -0.15) is 0 Å². The summed E-state index contributed by atoms with van der Waals surface area (Å²) in [5.74, 6) is -2.84. The van der Waals surface area contributed by atoms with E-state index in [-0.39, 0.29) is 17.4 Å². The molecule has 6 nitrogen and oxygen atoms in total. The topological polar surface area (TPSA) is 81.7 Å². The average molecular weight is 442 g/mol. The predicted octanol–water partition coefficient (Wildman–Crippen LogP) is 3.65. The number of hydrogen-bond donors (Lipinski definition) is 1. The summed E-state index contributed by atoms with van der Waals surface area (Å²) in [6.07, 6.45) is -4.08. The molecule has 28 heavy (non-hydrogen) atoms. The van der Waals surface area contributed by atoms with Gasteiger partial charge in [-0.3, -0.25) is 4.79 Å². The zero-order chi connectivity index (χ0) is 21.1. The third-order valence-corrected chi connectivity index (χ3v) is 3.95. The minimum absolute atomic E-state index is 0.148. The molecule has 0 aliphatic heterocycles. The van der Waals surface area contributed by atoms with Gasteiger partial charge in [0.05, 0.1) is 16.8 Å². The zero-order valence-electron chi connectivity index (χ0n) is 14.0. The van der Waals surface area contributed by atoms with Crippen LogP contribution in [0.1, 0.15) is 15.9 Å². The smallest absolute Gasteiger partial charge is 0.487 e. The van der Waals surface area contributed by atoms with Crippen molar-refractivity contribution < 1.29 is 40.2 Å². The Kier molecular flexibility index (Phi) is 6.40.